The van der Waals surface area contributed by atoms with E-state index in [4.69, 9.17) is 0 Å². The molecule has 1 aliphatic heterocycles. The number of allylic oxidation sites excluding steroid dienone is 1. The second kappa shape index (κ2) is 6.97. The third kappa shape index (κ3) is 3.79. The smallest absolute Gasteiger partial charge is 0.278 e. The molecule has 1 radical (unpaired) electrons. The maximum absolute atomic E-state index is 4.23. The molecule has 1 aliphatic rings. The van der Waals surface area contributed by atoms with Gasteiger partial charge < -0.3 is 0 Å². The number of hydrogen-bond acceptors (Lipinski definition) is 5. The molecular formula is C16H18N8+. The van der Waals surface area contributed by atoms with Crippen molar-refractivity contribution in [1.82, 2.24) is 15.7 Å². The normalized spacial score (nSPS) is 14.9. The highest BCUT2D eigenvalue weighted by Crippen LogP contribution is 2.21. The van der Waals surface area contributed by atoms with Crippen molar-refractivity contribution in [3.63, 3.8) is 0 Å². The molecule has 8 nitrogen and oxygen atoms in total. The van der Waals surface area contributed by atoms with Crippen molar-refractivity contribution in [2.24, 2.45) is 27.6 Å². The summed E-state index contributed by atoms with van der Waals surface area (Å²) in [6.45, 7) is 1.92. The lowest BCUT2D eigenvalue weighted by atomic mass is 10.3. The summed E-state index contributed by atoms with van der Waals surface area (Å²) in [6.07, 6.45) is 3.79. The topological polar surface area (TPSA) is 73.9 Å². The van der Waals surface area contributed by atoms with Crippen molar-refractivity contribution < 1.29 is 4.57 Å². The summed E-state index contributed by atoms with van der Waals surface area (Å²) in [5.74, 6) is 0.781. The summed E-state index contributed by atoms with van der Waals surface area (Å²) in [7, 11) is 3.76. The predicted molar refractivity (Wildman–Crippen MR) is 88.2 cm³/mol. The molecule has 3 rings (SSSR count). The molecule has 1 aromatic heterocycles. The Labute approximate surface area is 140 Å². The molecule has 0 bridgehead atoms. The largest absolute Gasteiger partial charge is 0.350 e. The zero-order chi connectivity index (χ0) is 16.9. The summed E-state index contributed by atoms with van der Waals surface area (Å²) in [4.78, 5) is 0. The summed E-state index contributed by atoms with van der Waals surface area (Å²) in [5.41, 5.74) is 6.52. The standard InChI is InChI=1S/C16H18N8/c1-13-12-23(3)21-24(13)20-18-15-9-7-14(8-10-15)17-19-16-6-4-5-11-22(16)2/h4-12H,1-3H3/q+1. The van der Waals surface area contributed by atoms with Gasteiger partial charge >= 0.3 is 5.82 Å². The van der Waals surface area contributed by atoms with Gasteiger partial charge in [-0.15, -0.1) is 10.2 Å². The monoisotopic (exact) mass is 322 g/mol. The molecule has 2 aromatic rings. The zero-order valence-electron chi connectivity index (χ0n) is 13.8. The predicted octanol–water partition coefficient (Wildman–Crippen LogP) is 3.47. The van der Waals surface area contributed by atoms with Gasteiger partial charge in [-0.2, -0.15) is 0 Å². The van der Waals surface area contributed by atoms with Gasteiger partial charge in [-0.25, -0.2) is 4.57 Å². The van der Waals surface area contributed by atoms with E-state index in [1.165, 1.54) is 5.12 Å². The molecule has 24 heavy (non-hydrogen) atoms. The summed E-state index contributed by atoms with van der Waals surface area (Å²) in [6, 6.07) is 13.1. The molecule has 0 unspecified atom stereocenters. The summed E-state index contributed by atoms with van der Waals surface area (Å²) in [5, 5.41) is 19.9. The van der Waals surface area contributed by atoms with Crippen LogP contribution in [0.1, 0.15) is 6.92 Å². The first-order chi connectivity index (χ1) is 11.6. The van der Waals surface area contributed by atoms with E-state index in [1.807, 2.05) is 80.4 Å². The zero-order valence-corrected chi connectivity index (χ0v) is 13.8. The van der Waals surface area contributed by atoms with Crippen molar-refractivity contribution in [2.45, 2.75) is 6.92 Å². The Hall–Kier alpha value is -3.13. The van der Waals surface area contributed by atoms with Crippen LogP contribution in [0.5, 0.6) is 0 Å². The number of pyridine rings is 1. The van der Waals surface area contributed by atoms with Gasteiger partial charge in [-0.1, -0.05) is 6.07 Å². The maximum Gasteiger partial charge on any atom is 0.350 e. The van der Waals surface area contributed by atoms with Gasteiger partial charge in [0.15, 0.2) is 0 Å². The van der Waals surface area contributed by atoms with Crippen molar-refractivity contribution in [3.05, 3.63) is 60.6 Å². The van der Waals surface area contributed by atoms with Gasteiger partial charge in [0.1, 0.15) is 5.69 Å². The molecule has 8 heteroatoms. The van der Waals surface area contributed by atoms with Crippen LogP contribution >= 0.6 is 0 Å². The lowest BCUT2D eigenvalue weighted by Gasteiger charge is -2.10. The van der Waals surface area contributed by atoms with E-state index in [1.54, 1.807) is 5.01 Å². The molecule has 0 atom stereocenters. The Balaban J connectivity index is 1.66. The Morgan fingerprint density at radius 2 is 1.67 bits per heavy atom. The van der Waals surface area contributed by atoms with E-state index in [0.717, 1.165) is 22.9 Å². The molecule has 1 aromatic carbocycles. The van der Waals surface area contributed by atoms with E-state index in [9.17, 15) is 0 Å². The number of aromatic nitrogens is 1. The number of hydrogen-bond donors (Lipinski definition) is 0. The van der Waals surface area contributed by atoms with Gasteiger partial charge in [0.2, 0.25) is 0 Å². The minimum Gasteiger partial charge on any atom is -0.278 e. The van der Waals surface area contributed by atoms with Crippen molar-refractivity contribution >= 4 is 17.2 Å². The third-order valence-electron chi connectivity index (χ3n) is 3.30. The molecule has 121 valence electrons. The minimum atomic E-state index is 0.719. The van der Waals surface area contributed by atoms with Gasteiger partial charge in [0, 0.05) is 24.8 Å². The van der Waals surface area contributed by atoms with Crippen LogP contribution in [0.2, 0.25) is 0 Å². The van der Waals surface area contributed by atoms with Crippen LogP contribution in [0.25, 0.3) is 0 Å². The van der Waals surface area contributed by atoms with E-state index in [-0.39, 0.29) is 0 Å². The van der Waals surface area contributed by atoms with Crippen LogP contribution in [-0.4, -0.2) is 17.2 Å². The molecule has 0 fully saturated rings. The van der Waals surface area contributed by atoms with Gasteiger partial charge in [-0.05, 0) is 47.6 Å². The molecule has 0 saturated carbocycles. The highest BCUT2D eigenvalue weighted by atomic mass is 15.9. The average molecular weight is 322 g/mol. The second-order valence-electron chi connectivity index (χ2n) is 5.30. The van der Waals surface area contributed by atoms with E-state index in [0.29, 0.717) is 0 Å². The van der Waals surface area contributed by atoms with Crippen LogP contribution < -0.4 is 10.1 Å². The minimum absolute atomic E-state index is 0.719. The van der Waals surface area contributed by atoms with Crippen LogP contribution in [0.15, 0.2) is 81.1 Å². The molecule has 2 heterocycles. The van der Waals surface area contributed by atoms with Crippen LogP contribution in [0.4, 0.5) is 17.2 Å². The number of benzene rings is 1. The van der Waals surface area contributed by atoms with E-state index >= 15 is 0 Å². The number of aryl methyl sites for hydroxylation is 1. The van der Waals surface area contributed by atoms with E-state index < -0.39 is 0 Å². The van der Waals surface area contributed by atoms with Gasteiger partial charge in [0.25, 0.3) is 0 Å². The fraction of sp³-hybridized carbons (Fsp3) is 0.188. The quantitative estimate of drug-likeness (QED) is 0.638. The van der Waals surface area contributed by atoms with Crippen LogP contribution in [0.3, 0.4) is 0 Å². The van der Waals surface area contributed by atoms with Crippen molar-refractivity contribution in [1.29, 1.82) is 0 Å². The first-order valence-corrected chi connectivity index (χ1v) is 7.43. The fourth-order valence-corrected chi connectivity index (χ4v) is 2.05. The van der Waals surface area contributed by atoms with Crippen molar-refractivity contribution in [2.75, 3.05) is 7.05 Å². The van der Waals surface area contributed by atoms with Crippen LogP contribution in [-0.2, 0) is 7.05 Å². The number of nitrogens with zero attached hydrogens (tertiary/aromatic N) is 8. The fourth-order valence-electron chi connectivity index (χ4n) is 2.05. The molecule has 0 amide bonds. The second-order valence-corrected chi connectivity index (χ2v) is 5.30. The Morgan fingerprint density at radius 3 is 2.29 bits per heavy atom. The third-order valence-corrected chi connectivity index (χ3v) is 3.30. The Kier molecular flexibility index (Phi) is 4.57. The molecule has 0 saturated heterocycles. The highest BCUT2D eigenvalue weighted by molar-refractivity contribution is 5.46. The Morgan fingerprint density at radius 1 is 0.958 bits per heavy atom. The van der Waals surface area contributed by atoms with Gasteiger partial charge in [0.05, 0.1) is 29.7 Å². The molecular weight excluding hydrogens is 304 g/mol. The maximum atomic E-state index is 4.23. The lowest BCUT2D eigenvalue weighted by Crippen LogP contribution is -2.26. The molecule has 0 spiro atoms. The SMILES string of the molecule is CC1=CN(C)[N]N1N=Nc1ccc(N=Nc2cccc[n+]2C)cc1. The highest BCUT2D eigenvalue weighted by Gasteiger charge is 2.15. The van der Waals surface area contributed by atoms with Gasteiger partial charge in [-0.3, -0.25) is 5.01 Å². The Bertz CT molecular complexity index is 794. The molecule has 0 aliphatic carbocycles. The first-order valence-electron chi connectivity index (χ1n) is 7.43. The first kappa shape index (κ1) is 15.8. The number of azo groups is 1. The van der Waals surface area contributed by atoms with Crippen LogP contribution in [0, 0.1) is 0 Å². The number of rotatable bonds is 4. The molecule has 0 N–H and O–H groups in total. The van der Waals surface area contributed by atoms with E-state index in [2.05, 4.69) is 26.1 Å². The lowest BCUT2D eigenvalue weighted by molar-refractivity contribution is -0.658. The summed E-state index contributed by atoms with van der Waals surface area (Å²) < 4.78 is 1.90. The summed E-state index contributed by atoms with van der Waals surface area (Å²) >= 11 is 0. The van der Waals surface area contributed by atoms with Crippen molar-refractivity contribution in [3.8, 4) is 0 Å². The average Bonchev–Trinajstić information content (AvgIpc) is 2.91.